The SMILES string of the molecule is CC1(C)[C@H]2CC[C@@H](CI)[C@@H]1C2. The lowest BCUT2D eigenvalue weighted by molar-refractivity contribution is -0.0965. The second kappa shape index (κ2) is 2.61. The Morgan fingerprint density at radius 1 is 1.36 bits per heavy atom. The van der Waals surface area contributed by atoms with Gasteiger partial charge in [-0.15, -0.1) is 0 Å². The second-order valence-corrected chi connectivity index (χ2v) is 5.73. The molecule has 0 saturated heterocycles. The topological polar surface area (TPSA) is 0 Å². The van der Waals surface area contributed by atoms with Gasteiger partial charge in [-0.3, -0.25) is 0 Å². The van der Waals surface area contributed by atoms with Crippen LogP contribution in [-0.4, -0.2) is 4.43 Å². The van der Waals surface area contributed by atoms with Crippen molar-refractivity contribution in [3.8, 4) is 0 Å². The summed E-state index contributed by atoms with van der Waals surface area (Å²) in [5.74, 6) is 3.19. The molecule has 0 radical (unpaired) electrons. The van der Waals surface area contributed by atoms with Gasteiger partial charge in [-0.1, -0.05) is 36.4 Å². The number of hydrogen-bond acceptors (Lipinski definition) is 0. The molecule has 3 aliphatic rings. The van der Waals surface area contributed by atoms with E-state index in [0.717, 1.165) is 17.8 Å². The Bertz CT molecular complexity index is 160. The summed E-state index contributed by atoms with van der Waals surface area (Å²) in [5, 5.41) is 0. The molecule has 3 atom stereocenters. The van der Waals surface area contributed by atoms with Gasteiger partial charge in [0.1, 0.15) is 0 Å². The van der Waals surface area contributed by atoms with Gasteiger partial charge in [0.2, 0.25) is 0 Å². The summed E-state index contributed by atoms with van der Waals surface area (Å²) in [7, 11) is 0. The van der Waals surface area contributed by atoms with Crippen LogP contribution in [0.25, 0.3) is 0 Å². The monoisotopic (exact) mass is 264 g/mol. The number of rotatable bonds is 1. The van der Waals surface area contributed by atoms with Crippen molar-refractivity contribution in [3.63, 3.8) is 0 Å². The fourth-order valence-electron chi connectivity index (χ4n) is 3.15. The van der Waals surface area contributed by atoms with E-state index in [9.17, 15) is 0 Å². The third-order valence-electron chi connectivity index (χ3n) is 4.20. The molecule has 0 spiro atoms. The van der Waals surface area contributed by atoms with Gasteiger partial charge < -0.3 is 0 Å². The summed E-state index contributed by atoms with van der Waals surface area (Å²) in [6, 6.07) is 0. The van der Waals surface area contributed by atoms with Crippen LogP contribution >= 0.6 is 22.6 Å². The maximum atomic E-state index is 2.56. The molecule has 3 saturated carbocycles. The summed E-state index contributed by atoms with van der Waals surface area (Å²) in [5.41, 5.74) is 0.702. The third-order valence-corrected chi connectivity index (χ3v) is 5.33. The average molecular weight is 264 g/mol. The first kappa shape index (κ1) is 8.33. The first-order valence-corrected chi connectivity index (χ1v) is 6.24. The number of fused-ring (bicyclic) bond motifs is 2. The molecule has 0 unspecified atom stereocenters. The molecular weight excluding hydrogens is 247 g/mol. The molecule has 0 N–H and O–H groups in total. The Morgan fingerprint density at radius 2 is 2.09 bits per heavy atom. The van der Waals surface area contributed by atoms with Gasteiger partial charge in [-0.25, -0.2) is 0 Å². The molecule has 3 fully saturated rings. The third kappa shape index (κ3) is 1.06. The van der Waals surface area contributed by atoms with E-state index >= 15 is 0 Å². The second-order valence-electron chi connectivity index (χ2n) is 4.85. The normalized spacial score (nSPS) is 46.6. The van der Waals surface area contributed by atoms with Gasteiger partial charge in [0.05, 0.1) is 0 Å². The Morgan fingerprint density at radius 3 is 2.45 bits per heavy atom. The van der Waals surface area contributed by atoms with Crippen LogP contribution in [0.5, 0.6) is 0 Å². The van der Waals surface area contributed by atoms with Crippen molar-refractivity contribution >= 4 is 22.6 Å². The number of hydrogen-bond donors (Lipinski definition) is 0. The van der Waals surface area contributed by atoms with Crippen molar-refractivity contribution in [2.24, 2.45) is 23.2 Å². The van der Waals surface area contributed by atoms with E-state index in [4.69, 9.17) is 0 Å². The maximum Gasteiger partial charge on any atom is 0.00265 e. The van der Waals surface area contributed by atoms with Gasteiger partial charge in [-0.05, 0) is 42.4 Å². The van der Waals surface area contributed by atoms with Crippen LogP contribution in [0.1, 0.15) is 33.1 Å². The van der Waals surface area contributed by atoms with E-state index in [2.05, 4.69) is 36.4 Å². The van der Waals surface area contributed by atoms with Crippen molar-refractivity contribution in [2.45, 2.75) is 33.1 Å². The first-order valence-electron chi connectivity index (χ1n) is 4.72. The molecule has 64 valence electrons. The molecule has 0 aromatic carbocycles. The predicted molar refractivity (Wildman–Crippen MR) is 57.0 cm³/mol. The molecule has 0 aliphatic heterocycles. The van der Waals surface area contributed by atoms with Crippen molar-refractivity contribution in [1.29, 1.82) is 0 Å². The fraction of sp³-hybridized carbons (Fsp3) is 1.00. The highest BCUT2D eigenvalue weighted by Crippen LogP contribution is 2.61. The zero-order valence-electron chi connectivity index (χ0n) is 7.44. The molecular formula is C10H17I. The highest BCUT2D eigenvalue weighted by molar-refractivity contribution is 14.1. The molecule has 0 aromatic rings. The van der Waals surface area contributed by atoms with Gasteiger partial charge >= 0.3 is 0 Å². The molecule has 11 heavy (non-hydrogen) atoms. The highest BCUT2D eigenvalue weighted by Gasteiger charge is 2.53. The molecule has 0 nitrogen and oxygen atoms in total. The van der Waals surface area contributed by atoms with Crippen molar-refractivity contribution in [1.82, 2.24) is 0 Å². The van der Waals surface area contributed by atoms with E-state index in [-0.39, 0.29) is 0 Å². The summed E-state index contributed by atoms with van der Waals surface area (Å²) in [6.45, 7) is 4.95. The van der Waals surface area contributed by atoms with Crippen LogP contribution in [0.15, 0.2) is 0 Å². The summed E-state index contributed by atoms with van der Waals surface area (Å²) >= 11 is 2.56. The van der Waals surface area contributed by atoms with Crippen LogP contribution in [0, 0.1) is 23.2 Å². The van der Waals surface area contributed by atoms with E-state index in [1.165, 1.54) is 17.3 Å². The summed E-state index contributed by atoms with van der Waals surface area (Å²) < 4.78 is 1.39. The van der Waals surface area contributed by atoms with Gasteiger partial charge in [0, 0.05) is 4.43 Å². The summed E-state index contributed by atoms with van der Waals surface area (Å²) in [4.78, 5) is 0. The smallest absolute Gasteiger partial charge is 0.00265 e. The minimum absolute atomic E-state index is 0.702. The van der Waals surface area contributed by atoms with Crippen molar-refractivity contribution in [3.05, 3.63) is 0 Å². The lowest BCUT2D eigenvalue weighted by Crippen LogP contribution is -2.52. The number of halogens is 1. The highest BCUT2D eigenvalue weighted by atomic mass is 127. The minimum atomic E-state index is 0.702. The molecule has 1 heteroatoms. The van der Waals surface area contributed by atoms with Crippen LogP contribution < -0.4 is 0 Å². The Balaban J connectivity index is 2.10. The van der Waals surface area contributed by atoms with Crippen LogP contribution in [0.3, 0.4) is 0 Å². The molecule has 0 heterocycles. The predicted octanol–water partition coefficient (Wildman–Crippen LogP) is 3.49. The zero-order chi connectivity index (χ0) is 8.06. The van der Waals surface area contributed by atoms with Crippen molar-refractivity contribution in [2.75, 3.05) is 4.43 Å². The van der Waals surface area contributed by atoms with Crippen LogP contribution in [-0.2, 0) is 0 Å². The molecule has 0 aromatic heterocycles. The zero-order valence-corrected chi connectivity index (χ0v) is 9.60. The van der Waals surface area contributed by atoms with Crippen LogP contribution in [0.4, 0.5) is 0 Å². The van der Waals surface area contributed by atoms with Gasteiger partial charge in [0.15, 0.2) is 0 Å². The molecule has 0 amide bonds. The Labute approximate surface area is 83.3 Å². The molecule has 3 rings (SSSR count). The summed E-state index contributed by atoms with van der Waals surface area (Å²) in [6.07, 6.45) is 4.57. The first-order chi connectivity index (χ1) is 5.16. The standard InChI is InChI=1S/C10H17I/c1-10(2)8-4-3-7(6-11)9(10)5-8/h7-9H,3-6H2,1-2H3/t7-,8-,9-/m0/s1. The molecule has 2 bridgehead atoms. The lowest BCUT2D eigenvalue weighted by atomic mass is 9.46. The average Bonchev–Trinajstić information content (AvgIpc) is 2.04. The van der Waals surface area contributed by atoms with Crippen LogP contribution in [0.2, 0.25) is 0 Å². The Kier molecular flexibility index (Phi) is 1.98. The van der Waals surface area contributed by atoms with Gasteiger partial charge in [0.25, 0.3) is 0 Å². The largest absolute Gasteiger partial charge is 0.0861 e. The fourth-order valence-corrected chi connectivity index (χ4v) is 4.20. The van der Waals surface area contributed by atoms with E-state index in [1.807, 2.05) is 0 Å². The van der Waals surface area contributed by atoms with E-state index < -0.39 is 0 Å². The lowest BCUT2D eigenvalue weighted by Gasteiger charge is -2.60. The number of alkyl halides is 1. The maximum absolute atomic E-state index is 2.56. The quantitative estimate of drug-likeness (QED) is 0.502. The van der Waals surface area contributed by atoms with E-state index in [0.29, 0.717) is 5.41 Å². The van der Waals surface area contributed by atoms with Crippen molar-refractivity contribution < 1.29 is 0 Å². The minimum Gasteiger partial charge on any atom is -0.0861 e. The Hall–Kier alpha value is 0.730. The molecule has 3 aliphatic carbocycles. The van der Waals surface area contributed by atoms with E-state index in [1.54, 1.807) is 6.42 Å². The van der Waals surface area contributed by atoms with Gasteiger partial charge in [-0.2, -0.15) is 0 Å².